The number of ether oxygens (including phenoxy) is 1. The first-order valence-corrected chi connectivity index (χ1v) is 4.34. The van der Waals surface area contributed by atoms with E-state index in [2.05, 4.69) is 0 Å². The maximum absolute atomic E-state index is 13.1. The fourth-order valence-corrected chi connectivity index (χ4v) is 1.48. The van der Waals surface area contributed by atoms with Crippen molar-refractivity contribution in [2.24, 2.45) is 0 Å². The van der Waals surface area contributed by atoms with Crippen LogP contribution in [0.3, 0.4) is 0 Å². The van der Waals surface area contributed by atoms with Crippen LogP contribution in [-0.2, 0) is 0 Å². The van der Waals surface area contributed by atoms with E-state index in [9.17, 15) is 13.6 Å². The minimum Gasteiger partial charge on any atom is -0.478 e. The zero-order valence-corrected chi connectivity index (χ0v) is 7.51. The Bertz CT molecular complexity index is 401. The van der Waals surface area contributed by atoms with Gasteiger partial charge in [0.25, 0.3) is 0 Å². The minimum absolute atomic E-state index is 0.135. The van der Waals surface area contributed by atoms with E-state index in [0.29, 0.717) is 6.42 Å². The molecule has 0 N–H and O–H groups in total. The second kappa shape index (κ2) is 3.04. The molecule has 1 aromatic rings. The Balaban J connectivity index is 2.53. The smallest absolute Gasteiger partial charge is 0.207 e. The molecule has 0 saturated carbocycles. The minimum atomic E-state index is -1.08. The number of fused-ring (bicyclic) bond motifs is 1. The van der Waals surface area contributed by atoms with Crippen LogP contribution in [0.5, 0.6) is 5.75 Å². The molecule has 0 saturated heterocycles. The van der Waals surface area contributed by atoms with Gasteiger partial charge in [0.1, 0.15) is 0 Å². The fraction of sp³-hybridized carbons (Fsp3) is 0.300. The summed E-state index contributed by atoms with van der Waals surface area (Å²) in [5, 5.41) is 0. The van der Waals surface area contributed by atoms with Gasteiger partial charge in [-0.05, 0) is 18.6 Å². The van der Waals surface area contributed by atoms with Crippen LogP contribution in [0.4, 0.5) is 8.78 Å². The molecule has 74 valence electrons. The summed E-state index contributed by atoms with van der Waals surface area (Å²) in [7, 11) is 0. The van der Waals surface area contributed by atoms with Crippen molar-refractivity contribution < 1.29 is 18.3 Å². The monoisotopic (exact) mass is 198 g/mol. The van der Waals surface area contributed by atoms with Gasteiger partial charge in [0.05, 0.1) is 5.56 Å². The van der Waals surface area contributed by atoms with E-state index in [1.165, 1.54) is 6.07 Å². The molecule has 0 bridgehead atoms. The molecule has 14 heavy (non-hydrogen) atoms. The van der Waals surface area contributed by atoms with Crippen molar-refractivity contribution in [2.45, 2.75) is 19.4 Å². The normalized spacial score (nSPS) is 19.4. The number of carbonyl (C=O) groups is 1. The number of ketones is 1. The van der Waals surface area contributed by atoms with Crippen LogP contribution in [0, 0.1) is 11.6 Å². The second-order valence-electron chi connectivity index (χ2n) is 3.12. The molecule has 1 aromatic carbocycles. The number of halogens is 2. The summed E-state index contributed by atoms with van der Waals surface area (Å²) in [4.78, 5) is 11.5. The summed E-state index contributed by atoms with van der Waals surface area (Å²) in [5.74, 6) is -2.59. The molecule has 0 spiro atoms. The van der Waals surface area contributed by atoms with Crippen LogP contribution in [0.1, 0.15) is 23.7 Å². The first-order chi connectivity index (χ1) is 6.65. The number of hydrogen-bond donors (Lipinski definition) is 0. The van der Waals surface area contributed by atoms with Gasteiger partial charge in [0.15, 0.2) is 17.7 Å². The highest BCUT2D eigenvalue weighted by Gasteiger charge is 2.34. The van der Waals surface area contributed by atoms with E-state index in [-0.39, 0.29) is 17.1 Å². The molecule has 2 rings (SSSR count). The number of benzene rings is 1. The van der Waals surface area contributed by atoms with Crippen LogP contribution in [0.2, 0.25) is 0 Å². The van der Waals surface area contributed by atoms with Crippen molar-refractivity contribution >= 4 is 5.78 Å². The molecule has 0 radical (unpaired) electrons. The summed E-state index contributed by atoms with van der Waals surface area (Å²) in [5.41, 5.74) is 0.135. The van der Waals surface area contributed by atoms with E-state index in [0.717, 1.165) is 6.07 Å². The molecular formula is C10H8F2O2. The molecule has 0 fully saturated rings. The van der Waals surface area contributed by atoms with Crippen LogP contribution < -0.4 is 4.74 Å². The van der Waals surface area contributed by atoms with Crippen LogP contribution in [0.25, 0.3) is 0 Å². The van der Waals surface area contributed by atoms with E-state index in [1.54, 1.807) is 6.92 Å². The molecule has 2 nitrogen and oxygen atoms in total. The third kappa shape index (κ3) is 1.10. The molecule has 1 aliphatic rings. The molecule has 0 aliphatic carbocycles. The number of rotatable bonds is 1. The molecule has 0 amide bonds. The maximum Gasteiger partial charge on any atom is 0.207 e. The average Bonchev–Trinajstić information content (AvgIpc) is 2.50. The SMILES string of the molecule is CCC1Oc2c(ccc(F)c2F)C1=O. The predicted molar refractivity (Wildman–Crippen MR) is 45.4 cm³/mol. The van der Waals surface area contributed by atoms with Crippen molar-refractivity contribution in [3.05, 3.63) is 29.3 Å². The molecule has 1 heterocycles. The summed E-state index contributed by atoms with van der Waals surface area (Å²) >= 11 is 0. The predicted octanol–water partition coefficient (Wildman–Crippen LogP) is 2.32. The standard InChI is InChI=1S/C10H8F2O2/c1-2-7-9(13)5-3-4-6(11)8(12)10(5)14-7/h3-4,7H,2H2,1H3. The molecule has 4 heteroatoms. The van der Waals surface area contributed by atoms with Gasteiger partial charge in [0, 0.05) is 0 Å². The summed E-state index contributed by atoms with van der Waals surface area (Å²) in [6.45, 7) is 1.75. The molecule has 1 aliphatic heterocycles. The highest BCUT2D eigenvalue weighted by molar-refractivity contribution is 6.04. The number of Topliss-reactive ketones (excluding diaryl/α,β-unsaturated/α-hetero) is 1. The van der Waals surface area contributed by atoms with Gasteiger partial charge < -0.3 is 4.74 Å². The second-order valence-corrected chi connectivity index (χ2v) is 3.12. The summed E-state index contributed by atoms with van der Waals surface area (Å²) in [6, 6.07) is 2.19. The van der Waals surface area contributed by atoms with Crippen LogP contribution in [-0.4, -0.2) is 11.9 Å². The third-order valence-electron chi connectivity index (χ3n) is 2.24. The maximum atomic E-state index is 13.1. The van der Waals surface area contributed by atoms with Gasteiger partial charge in [-0.2, -0.15) is 4.39 Å². The van der Waals surface area contributed by atoms with Crippen LogP contribution in [0.15, 0.2) is 12.1 Å². The summed E-state index contributed by atoms with van der Waals surface area (Å²) in [6.07, 6.45) is -0.213. The van der Waals surface area contributed by atoms with Crippen molar-refractivity contribution in [2.75, 3.05) is 0 Å². The Morgan fingerprint density at radius 3 is 2.79 bits per heavy atom. The van der Waals surface area contributed by atoms with Gasteiger partial charge in [-0.15, -0.1) is 0 Å². The van der Waals surface area contributed by atoms with Gasteiger partial charge in [-0.1, -0.05) is 6.92 Å². The molecular weight excluding hydrogens is 190 g/mol. The molecule has 0 aromatic heterocycles. The van der Waals surface area contributed by atoms with Crippen molar-refractivity contribution in [1.29, 1.82) is 0 Å². The van der Waals surface area contributed by atoms with Gasteiger partial charge >= 0.3 is 0 Å². The lowest BCUT2D eigenvalue weighted by atomic mass is 10.1. The van der Waals surface area contributed by atoms with Gasteiger partial charge in [0.2, 0.25) is 11.6 Å². The topological polar surface area (TPSA) is 26.3 Å². The van der Waals surface area contributed by atoms with E-state index < -0.39 is 17.7 Å². The van der Waals surface area contributed by atoms with Crippen LogP contribution >= 0.6 is 0 Å². The quantitative estimate of drug-likeness (QED) is 0.692. The van der Waals surface area contributed by atoms with Gasteiger partial charge in [-0.3, -0.25) is 4.79 Å². The van der Waals surface area contributed by atoms with Crippen molar-refractivity contribution in [1.82, 2.24) is 0 Å². The fourth-order valence-electron chi connectivity index (χ4n) is 1.48. The van der Waals surface area contributed by atoms with Crippen molar-refractivity contribution in [3.8, 4) is 5.75 Å². The Labute approximate surface area is 79.5 Å². The average molecular weight is 198 g/mol. The van der Waals surface area contributed by atoms with E-state index >= 15 is 0 Å². The lowest BCUT2D eigenvalue weighted by Crippen LogP contribution is -2.18. The Hall–Kier alpha value is -1.45. The Morgan fingerprint density at radius 1 is 1.43 bits per heavy atom. The first kappa shape index (κ1) is 9.12. The molecule has 1 atom stereocenters. The van der Waals surface area contributed by atoms with Crippen molar-refractivity contribution in [3.63, 3.8) is 0 Å². The van der Waals surface area contributed by atoms with Gasteiger partial charge in [-0.25, -0.2) is 4.39 Å². The highest BCUT2D eigenvalue weighted by atomic mass is 19.2. The van der Waals surface area contributed by atoms with E-state index in [4.69, 9.17) is 4.74 Å². The lowest BCUT2D eigenvalue weighted by Gasteiger charge is -2.04. The number of carbonyl (C=O) groups excluding carboxylic acids is 1. The Kier molecular flexibility index (Phi) is 1.98. The summed E-state index contributed by atoms with van der Waals surface area (Å²) < 4.78 is 30.9. The Morgan fingerprint density at radius 2 is 2.14 bits per heavy atom. The largest absolute Gasteiger partial charge is 0.478 e. The third-order valence-corrected chi connectivity index (χ3v) is 2.24. The molecule has 1 unspecified atom stereocenters. The first-order valence-electron chi connectivity index (χ1n) is 4.34. The zero-order valence-electron chi connectivity index (χ0n) is 7.51. The van der Waals surface area contributed by atoms with E-state index in [1.807, 2.05) is 0 Å². The highest BCUT2D eigenvalue weighted by Crippen LogP contribution is 2.33. The number of hydrogen-bond acceptors (Lipinski definition) is 2. The lowest BCUT2D eigenvalue weighted by molar-refractivity contribution is 0.0850. The zero-order chi connectivity index (χ0) is 10.3.